The molecule has 4 heteroatoms. The van der Waals surface area contributed by atoms with Crippen LogP contribution in [0.1, 0.15) is 137 Å². The number of benzene rings is 12. The van der Waals surface area contributed by atoms with Crippen molar-refractivity contribution >= 4 is 95.3 Å². The van der Waals surface area contributed by atoms with Gasteiger partial charge in [0.25, 0.3) is 0 Å². The number of hydrogen-bond acceptors (Lipinski definition) is 2. The maximum atomic E-state index is 9.94. The first-order valence-corrected chi connectivity index (χ1v) is 33.7. The minimum atomic E-state index is -0.261. The molecular formula is C88H83BN2S. The Labute approximate surface area is 556 Å². The first-order valence-electron chi connectivity index (χ1n) is 34.8. The second kappa shape index (κ2) is 21.4. The van der Waals surface area contributed by atoms with E-state index in [4.69, 9.17) is 1.37 Å². The van der Waals surface area contributed by atoms with Gasteiger partial charge in [0.2, 0.25) is 6.71 Å². The van der Waals surface area contributed by atoms with E-state index >= 15 is 0 Å². The minimum Gasteiger partial charge on any atom is -0.310 e. The Bertz CT molecular complexity index is 5250. The van der Waals surface area contributed by atoms with Crippen LogP contribution in [0.4, 0.5) is 17.1 Å². The monoisotopic (exact) mass is 1210 g/mol. The third kappa shape index (κ3) is 10.1. The van der Waals surface area contributed by atoms with Crippen LogP contribution in [-0.2, 0) is 27.1 Å². The summed E-state index contributed by atoms with van der Waals surface area (Å²) < 4.78 is 40.3. The topological polar surface area (TPSA) is 8.17 Å². The Kier molecular flexibility index (Phi) is 12.7. The second-order valence-electron chi connectivity index (χ2n) is 31.2. The summed E-state index contributed by atoms with van der Waals surface area (Å²) in [5, 5.41) is 5.93. The van der Waals surface area contributed by atoms with Crippen LogP contribution < -0.4 is 21.3 Å². The highest BCUT2D eigenvalue weighted by Gasteiger charge is 2.43. The molecule has 0 bridgehead atoms. The Hall–Kier alpha value is -8.83. The molecule has 0 radical (unpaired) electrons. The summed E-state index contributed by atoms with van der Waals surface area (Å²) in [6.07, 6.45) is 0. The summed E-state index contributed by atoms with van der Waals surface area (Å²) in [5.41, 5.74) is 23.6. The highest BCUT2D eigenvalue weighted by atomic mass is 32.2. The summed E-state index contributed by atoms with van der Waals surface area (Å²) in [4.78, 5) is 4.85. The van der Waals surface area contributed by atoms with Crippen LogP contribution in [0.15, 0.2) is 240 Å². The third-order valence-corrected chi connectivity index (χ3v) is 20.8. The molecule has 0 fully saturated rings. The van der Waals surface area contributed by atoms with Gasteiger partial charge in [-0.3, -0.25) is 0 Å². The maximum Gasteiger partial charge on any atom is 0.249 e. The molecule has 0 amide bonds. The minimum absolute atomic E-state index is 0.0419. The van der Waals surface area contributed by atoms with Gasteiger partial charge in [-0.05, 0) is 163 Å². The maximum absolute atomic E-state index is 9.94. The first-order chi connectivity index (χ1) is 45.4. The molecule has 0 spiro atoms. The van der Waals surface area contributed by atoms with E-state index in [1.165, 1.54) is 60.2 Å². The zero-order valence-corrected chi connectivity index (χ0v) is 56.8. The Balaban J connectivity index is 1.12. The van der Waals surface area contributed by atoms with Crippen molar-refractivity contribution in [1.82, 2.24) is 4.57 Å². The molecule has 0 unspecified atom stereocenters. The van der Waals surface area contributed by atoms with Gasteiger partial charge < -0.3 is 9.47 Å². The third-order valence-electron chi connectivity index (χ3n) is 19.7. The molecule has 0 saturated heterocycles. The van der Waals surface area contributed by atoms with Crippen LogP contribution in [0.3, 0.4) is 0 Å². The summed E-state index contributed by atoms with van der Waals surface area (Å²) in [7, 11) is 0. The van der Waals surface area contributed by atoms with Crippen LogP contribution in [-0.4, -0.2) is 11.3 Å². The fourth-order valence-electron chi connectivity index (χ4n) is 14.4. The van der Waals surface area contributed by atoms with Crippen LogP contribution in [0.5, 0.6) is 0 Å². The molecule has 92 heavy (non-hydrogen) atoms. The lowest BCUT2D eigenvalue weighted by atomic mass is 9.34. The van der Waals surface area contributed by atoms with Gasteiger partial charge in [0.15, 0.2) is 0 Å². The fourth-order valence-corrected chi connectivity index (χ4v) is 15.6. The normalized spacial score (nSPS) is 14.1. The zero-order valence-electron chi connectivity index (χ0n) is 60.0. The number of aromatic nitrogens is 1. The largest absolute Gasteiger partial charge is 0.310 e. The molecule has 15 rings (SSSR count). The van der Waals surface area contributed by atoms with Crippen molar-refractivity contribution < 1.29 is 5.48 Å². The van der Waals surface area contributed by atoms with Gasteiger partial charge in [-0.1, -0.05) is 309 Å². The molecule has 0 saturated carbocycles. The Morgan fingerprint density at radius 3 is 1.39 bits per heavy atom. The van der Waals surface area contributed by atoms with Gasteiger partial charge in [-0.25, -0.2) is 0 Å². The van der Waals surface area contributed by atoms with Crippen molar-refractivity contribution in [3.63, 3.8) is 0 Å². The van der Waals surface area contributed by atoms with E-state index in [1.54, 1.807) is 11.8 Å². The van der Waals surface area contributed by atoms with E-state index in [0.717, 1.165) is 93.5 Å². The summed E-state index contributed by atoms with van der Waals surface area (Å²) in [6.45, 7) is 34.2. The highest BCUT2D eigenvalue weighted by Crippen LogP contribution is 2.53. The van der Waals surface area contributed by atoms with Gasteiger partial charge in [-0.15, -0.1) is 0 Å². The molecule has 454 valence electrons. The van der Waals surface area contributed by atoms with E-state index < -0.39 is 0 Å². The van der Waals surface area contributed by atoms with E-state index in [1.807, 2.05) is 0 Å². The lowest BCUT2D eigenvalue weighted by Gasteiger charge is -2.42. The number of nitrogens with zero attached hydrogens (tertiary/aromatic N) is 2. The van der Waals surface area contributed by atoms with Gasteiger partial charge in [-0.2, -0.15) is 0 Å². The van der Waals surface area contributed by atoms with E-state index in [0.29, 0.717) is 10.9 Å². The van der Waals surface area contributed by atoms with Crippen LogP contribution in [0, 0.1) is 0 Å². The number of anilines is 3. The fraction of sp³-hybridized carbons (Fsp3) is 0.227. The van der Waals surface area contributed by atoms with E-state index in [-0.39, 0.29) is 58.0 Å². The van der Waals surface area contributed by atoms with Crippen LogP contribution >= 0.6 is 11.8 Å². The molecule has 0 atom stereocenters. The van der Waals surface area contributed by atoms with Crippen LogP contribution in [0.2, 0.25) is 0 Å². The predicted molar refractivity (Wildman–Crippen MR) is 401 cm³/mol. The van der Waals surface area contributed by atoms with Crippen molar-refractivity contribution in [2.24, 2.45) is 0 Å². The van der Waals surface area contributed by atoms with Gasteiger partial charge >= 0.3 is 0 Å². The van der Waals surface area contributed by atoms with Gasteiger partial charge in [0.05, 0.1) is 22.2 Å². The van der Waals surface area contributed by atoms with Crippen molar-refractivity contribution in [2.75, 3.05) is 4.90 Å². The van der Waals surface area contributed by atoms with Crippen molar-refractivity contribution in [3.8, 4) is 50.2 Å². The average molecular weight is 1220 g/mol. The van der Waals surface area contributed by atoms with Gasteiger partial charge in [0.1, 0.15) is 0 Å². The highest BCUT2D eigenvalue weighted by molar-refractivity contribution is 8.00. The first kappa shape index (κ1) is 54.9. The van der Waals surface area contributed by atoms with Crippen molar-refractivity contribution in [2.45, 2.75) is 141 Å². The summed E-state index contributed by atoms with van der Waals surface area (Å²) in [6, 6.07) is 77.4. The standard InChI is InChI=1S/C88H83BN2S/c1-84(2,3)60-39-41-77-73(51-60)70-31-20-21-36-76(70)90(77)65-52-79-82-81(53-65)92-80-42-38-57(59-45-63(87(10,11)12)50-64(46-59)88(13,14)15)48-75(80)89(82)74-47-56(58-43-61(85(4,5)6)49-62(44-58)86(7,8)9)37-40-78(74)91(79)83-71(68-32-22-27-54-25-16-18-29-66(54)68)34-24-35-72(83)69-33-23-28-55-26-17-19-30-67(55)69/h16-53H,1-15H3/i20D,21D,31D,36D. The van der Waals surface area contributed by atoms with E-state index in [9.17, 15) is 4.11 Å². The molecule has 3 heterocycles. The average Bonchev–Trinajstić information content (AvgIpc) is 0.769. The Morgan fingerprint density at radius 2 is 0.837 bits per heavy atom. The number of rotatable bonds is 6. The summed E-state index contributed by atoms with van der Waals surface area (Å²) in [5.74, 6) is 0. The van der Waals surface area contributed by atoms with Gasteiger partial charge in [0, 0.05) is 48.8 Å². The number of para-hydroxylation sites is 2. The van der Waals surface area contributed by atoms with E-state index in [2.05, 4.69) is 320 Å². The molecule has 2 aliphatic rings. The zero-order chi connectivity index (χ0) is 67.6. The van der Waals surface area contributed by atoms with Crippen molar-refractivity contribution in [3.05, 3.63) is 258 Å². The predicted octanol–water partition coefficient (Wildman–Crippen LogP) is 23.0. The molecule has 2 nitrogen and oxygen atoms in total. The summed E-state index contributed by atoms with van der Waals surface area (Å²) >= 11 is 1.81. The molecule has 12 aromatic carbocycles. The van der Waals surface area contributed by atoms with Crippen LogP contribution in [0.25, 0.3) is 93.5 Å². The molecule has 2 aliphatic heterocycles. The smallest absolute Gasteiger partial charge is 0.249 e. The second-order valence-corrected chi connectivity index (χ2v) is 32.3. The number of fused-ring (bicyclic) bond motifs is 9. The molecule has 0 N–H and O–H groups in total. The lowest BCUT2D eigenvalue weighted by Crippen LogP contribution is -2.60. The quantitative estimate of drug-likeness (QED) is 0.153. The molecular weight excluding hydrogens is 1130 g/mol. The molecule has 0 aliphatic carbocycles. The van der Waals surface area contributed by atoms with Crippen molar-refractivity contribution in [1.29, 1.82) is 0 Å². The number of hydrogen-bond donors (Lipinski definition) is 0. The molecule has 1 aromatic heterocycles. The lowest BCUT2D eigenvalue weighted by molar-refractivity contribution is 0.568. The SMILES string of the molecule is [2H]c1c([2H])c([2H])c2c(c1[2H])c1cc(C(C)(C)C)ccc1n2-c1cc2c3c(c1)N(c1c(-c4cccc5ccccc45)cccc1-c1cccc4ccccc14)c1ccc(-c4cc(C(C)(C)C)cc(C(C)(C)C)c4)cc1B3c1cc(-c3cc(C(C)(C)C)cc(C(C)(C)C)c3)ccc1S2. The molecule has 13 aromatic rings. The Morgan fingerprint density at radius 1 is 0.348 bits per heavy atom.